The Morgan fingerprint density at radius 2 is 1.83 bits per heavy atom. The highest BCUT2D eigenvalue weighted by atomic mass is 79.9. The first-order valence-corrected chi connectivity index (χ1v) is 7.46. The van der Waals surface area contributed by atoms with Crippen molar-refractivity contribution in [2.45, 2.75) is 11.8 Å². The molecule has 0 bridgehead atoms. The third-order valence-electron chi connectivity index (χ3n) is 2.29. The fraction of sp³-hybridized carbons (Fsp3) is 0.0833. The monoisotopic (exact) mass is 326 g/mol. The fourth-order valence-corrected chi connectivity index (χ4v) is 2.71. The molecule has 94 valence electrons. The van der Waals surface area contributed by atoms with Gasteiger partial charge in [0.05, 0.1) is 4.90 Å². The average Bonchev–Trinajstić information content (AvgIpc) is 2.29. The van der Waals surface area contributed by atoms with Gasteiger partial charge in [-0.05, 0) is 31.2 Å². The number of sulfonamides is 1. The number of nitrogens with one attached hydrogen (secondary N) is 1. The van der Waals surface area contributed by atoms with Crippen molar-refractivity contribution >= 4 is 31.8 Å². The number of hydrogen-bond donors (Lipinski definition) is 1. The lowest BCUT2D eigenvalue weighted by molar-refractivity contribution is 0.601. The van der Waals surface area contributed by atoms with Crippen molar-refractivity contribution in [3.63, 3.8) is 0 Å². The molecule has 0 saturated heterocycles. The molecule has 0 atom stereocenters. The van der Waals surface area contributed by atoms with Gasteiger partial charge in [0.15, 0.2) is 0 Å². The number of aryl methyl sites for hydroxylation is 1. The molecular weight excluding hydrogens is 316 g/mol. The van der Waals surface area contributed by atoms with Gasteiger partial charge < -0.3 is 0 Å². The number of halogens is 1. The van der Waals surface area contributed by atoms with Gasteiger partial charge in [-0.1, -0.05) is 33.6 Å². The Kier molecular flexibility index (Phi) is 3.68. The highest BCUT2D eigenvalue weighted by Gasteiger charge is 2.14. The summed E-state index contributed by atoms with van der Waals surface area (Å²) in [6.07, 6.45) is 1.52. The first kappa shape index (κ1) is 13.0. The molecule has 1 aromatic heterocycles. The summed E-state index contributed by atoms with van der Waals surface area (Å²) in [5.41, 5.74) is 1.01. The SMILES string of the molecule is Cc1ccc(S(=O)(=O)Nc2cc(Br)ccn2)cc1. The maximum Gasteiger partial charge on any atom is 0.263 e. The zero-order chi connectivity index (χ0) is 13.2. The van der Waals surface area contributed by atoms with Crippen molar-refractivity contribution in [3.8, 4) is 0 Å². The maximum atomic E-state index is 12.1. The number of anilines is 1. The van der Waals surface area contributed by atoms with Gasteiger partial charge in [0.25, 0.3) is 10.0 Å². The molecule has 4 nitrogen and oxygen atoms in total. The van der Waals surface area contributed by atoms with Crippen LogP contribution in [0.3, 0.4) is 0 Å². The first-order valence-electron chi connectivity index (χ1n) is 5.18. The van der Waals surface area contributed by atoms with Crippen LogP contribution in [0.5, 0.6) is 0 Å². The molecule has 6 heteroatoms. The van der Waals surface area contributed by atoms with E-state index in [4.69, 9.17) is 0 Å². The highest BCUT2D eigenvalue weighted by molar-refractivity contribution is 9.10. The predicted octanol–water partition coefficient (Wildman–Crippen LogP) is 2.95. The van der Waals surface area contributed by atoms with Crippen LogP contribution in [0, 0.1) is 6.92 Å². The van der Waals surface area contributed by atoms with E-state index in [1.807, 2.05) is 6.92 Å². The molecule has 0 aliphatic carbocycles. The molecule has 1 aromatic carbocycles. The number of pyridine rings is 1. The van der Waals surface area contributed by atoms with Gasteiger partial charge in [0.1, 0.15) is 5.82 Å². The predicted molar refractivity (Wildman–Crippen MR) is 73.9 cm³/mol. The van der Waals surface area contributed by atoms with Crippen molar-refractivity contribution in [2.75, 3.05) is 4.72 Å². The Hall–Kier alpha value is -1.40. The number of rotatable bonds is 3. The highest BCUT2D eigenvalue weighted by Crippen LogP contribution is 2.17. The minimum Gasteiger partial charge on any atom is -0.263 e. The van der Waals surface area contributed by atoms with Crippen LogP contribution in [0.1, 0.15) is 5.56 Å². The summed E-state index contributed by atoms with van der Waals surface area (Å²) in [5, 5.41) is 0. The largest absolute Gasteiger partial charge is 0.263 e. The van der Waals surface area contributed by atoms with Crippen LogP contribution in [0.4, 0.5) is 5.82 Å². The van der Waals surface area contributed by atoms with Gasteiger partial charge >= 0.3 is 0 Å². The molecule has 0 radical (unpaired) electrons. The van der Waals surface area contributed by atoms with Crippen molar-refractivity contribution in [1.82, 2.24) is 4.98 Å². The topological polar surface area (TPSA) is 59.1 Å². The molecule has 0 fully saturated rings. The van der Waals surface area contributed by atoms with Crippen molar-refractivity contribution in [1.29, 1.82) is 0 Å². The second-order valence-electron chi connectivity index (χ2n) is 3.78. The molecule has 0 amide bonds. The molecule has 18 heavy (non-hydrogen) atoms. The standard InChI is InChI=1S/C12H11BrN2O2S/c1-9-2-4-11(5-3-9)18(16,17)15-12-8-10(13)6-7-14-12/h2-8H,1H3,(H,14,15). The average molecular weight is 327 g/mol. The third kappa shape index (κ3) is 3.08. The van der Waals surface area contributed by atoms with Crippen molar-refractivity contribution in [3.05, 3.63) is 52.6 Å². The van der Waals surface area contributed by atoms with E-state index in [0.29, 0.717) is 0 Å². The second-order valence-corrected chi connectivity index (χ2v) is 6.38. The van der Waals surface area contributed by atoms with Gasteiger partial charge in [-0.15, -0.1) is 0 Å². The van der Waals surface area contributed by atoms with E-state index in [0.717, 1.165) is 10.0 Å². The first-order chi connectivity index (χ1) is 8.47. The molecule has 2 rings (SSSR count). The summed E-state index contributed by atoms with van der Waals surface area (Å²) < 4.78 is 27.3. The normalized spacial score (nSPS) is 11.2. The molecule has 1 N–H and O–H groups in total. The quantitative estimate of drug-likeness (QED) is 0.943. The molecule has 1 heterocycles. The number of hydrogen-bond acceptors (Lipinski definition) is 3. The number of benzene rings is 1. The lowest BCUT2D eigenvalue weighted by Gasteiger charge is -2.07. The zero-order valence-electron chi connectivity index (χ0n) is 9.59. The molecule has 2 aromatic rings. The van der Waals surface area contributed by atoms with E-state index in [2.05, 4.69) is 25.6 Å². The number of nitrogens with zero attached hydrogens (tertiary/aromatic N) is 1. The van der Waals surface area contributed by atoms with Crippen molar-refractivity contribution in [2.24, 2.45) is 0 Å². The van der Waals surface area contributed by atoms with Crippen LogP contribution in [0.25, 0.3) is 0 Å². The van der Waals surface area contributed by atoms with E-state index in [1.54, 1.807) is 36.4 Å². The van der Waals surface area contributed by atoms with Crippen LogP contribution in [-0.2, 0) is 10.0 Å². The minimum absolute atomic E-state index is 0.217. The summed E-state index contributed by atoms with van der Waals surface area (Å²) in [5.74, 6) is 0.282. The Morgan fingerprint density at radius 1 is 1.17 bits per heavy atom. The summed E-state index contributed by atoms with van der Waals surface area (Å²) in [6.45, 7) is 1.90. The third-order valence-corrected chi connectivity index (χ3v) is 4.16. The summed E-state index contributed by atoms with van der Waals surface area (Å²) in [7, 11) is -3.58. The Bertz CT molecular complexity index is 654. The van der Waals surface area contributed by atoms with E-state index in [9.17, 15) is 8.42 Å². The van der Waals surface area contributed by atoms with Crippen LogP contribution >= 0.6 is 15.9 Å². The minimum atomic E-state index is -3.58. The zero-order valence-corrected chi connectivity index (χ0v) is 12.0. The summed E-state index contributed by atoms with van der Waals surface area (Å²) in [6, 6.07) is 9.96. The molecule has 0 aliphatic heterocycles. The van der Waals surface area contributed by atoms with E-state index >= 15 is 0 Å². The Morgan fingerprint density at radius 3 is 2.44 bits per heavy atom. The summed E-state index contributed by atoms with van der Waals surface area (Å²) >= 11 is 3.26. The molecule has 0 aliphatic rings. The molecule has 0 spiro atoms. The Balaban J connectivity index is 2.30. The molecular formula is C12H11BrN2O2S. The van der Waals surface area contributed by atoms with Crippen LogP contribution in [0.15, 0.2) is 52.0 Å². The van der Waals surface area contributed by atoms with Crippen molar-refractivity contribution < 1.29 is 8.42 Å². The van der Waals surface area contributed by atoms with E-state index in [-0.39, 0.29) is 10.7 Å². The van der Waals surface area contributed by atoms with Gasteiger partial charge in [0.2, 0.25) is 0 Å². The maximum absolute atomic E-state index is 12.1. The number of aromatic nitrogens is 1. The van der Waals surface area contributed by atoms with Gasteiger partial charge in [-0.3, -0.25) is 4.72 Å². The van der Waals surface area contributed by atoms with Gasteiger partial charge in [-0.2, -0.15) is 0 Å². The van der Waals surface area contributed by atoms with Gasteiger partial charge in [-0.25, -0.2) is 13.4 Å². The van der Waals surface area contributed by atoms with Crippen LogP contribution < -0.4 is 4.72 Å². The van der Waals surface area contributed by atoms with Crippen LogP contribution in [0.2, 0.25) is 0 Å². The van der Waals surface area contributed by atoms with E-state index < -0.39 is 10.0 Å². The summed E-state index contributed by atoms with van der Waals surface area (Å²) in [4.78, 5) is 4.17. The second kappa shape index (κ2) is 5.07. The smallest absolute Gasteiger partial charge is 0.263 e. The Labute approximate surface area is 114 Å². The lowest BCUT2D eigenvalue weighted by Crippen LogP contribution is -2.13. The molecule has 0 saturated carbocycles. The fourth-order valence-electron chi connectivity index (χ4n) is 1.37. The molecule has 0 unspecified atom stereocenters. The van der Waals surface area contributed by atoms with Crippen LogP contribution in [-0.4, -0.2) is 13.4 Å². The lowest BCUT2D eigenvalue weighted by atomic mass is 10.2. The van der Waals surface area contributed by atoms with E-state index in [1.165, 1.54) is 6.20 Å². The van der Waals surface area contributed by atoms with Gasteiger partial charge in [0, 0.05) is 10.7 Å².